The Morgan fingerprint density at radius 2 is 2.16 bits per heavy atom. The highest BCUT2D eigenvalue weighted by atomic mass is 35.5. The van der Waals surface area contributed by atoms with Crippen LogP contribution < -0.4 is 5.32 Å². The van der Waals surface area contributed by atoms with Crippen LogP contribution in [0.5, 0.6) is 0 Å². The Balaban J connectivity index is 2.24. The molecule has 0 saturated carbocycles. The second kappa shape index (κ2) is 5.77. The number of esters is 1. The van der Waals surface area contributed by atoms with Crippen LogP contribution in [0.3, 0.4) is 0 Å². The zero-order valence-electron chi connectivity index (χ0n) is 10.2. The summed E-state index contributed by atoms with van der Waals surface area (Å²) in [5.41, 5.74) is 1.76. The number of hydrogen-bond donors (Lipinski definition) is 1. The second-order valence-corrected chi connectivity index (χ2v) is 5.48. The Kier molecular flexibility index (Phi) is 4.29. The van der Waals surface area contributed by atoms with Crippen LogP contribution in [0.25, 0.3) is 0 Å². The number of carbonyl (C=O) groups excluding carboxylic acids is 1. The molecule has 0 spiro atoms. The predicted octanol–water partition coefficient (Wildman–Crippen LogP) is 4.29. The van der Waals surface area contributed by atoms with Gasteiger partial charge in [-0.2, -0.15) is 0 Å². The summed E-state index contributed by atoms with van der Waals surface area (Å²) in [6.07, 6.45) is 0. The minimum Gasteiger partial charge on any atom is -0.465 e. The van der Waals surface area contributed by atoms with E-state index in [-0.39, 0.29) is 10.0 Å². The molecule has 0 saturated heterocycles. The van der Waals surface area contributed by atoms with Gasteiger partial charge in [0.1, 0.15) is 0 Å². The lowest BCUT2D eigenvalue weighted by Crippen LogP contribution is -1.98. The van der Waals surface area contributed by atoms with Crippen molar-refractivity contribution in [2.45, 2.75) is 6.92 Å². The molecule has 0 radical (unpaired) electrons. The molecule has 2 rings (SSSR count). The van der Waals surface area contributed by atoms with E-state index in [9.17, 15) is 4.79 Å². The van der Waals surface area contributed by atoms with Gasteiger partial charge < -0.3 is 10.1 Å². The SMILES string of the molecule is COC(=O)c1sc(Nc2ccc(C)c(Cl)c2)nc1Cl. The molecule has 0 atom stereocenters. The lowest BCUT2D eigenvalue weighted by molar-refractivity contribution is 0.0606. The van der Waals surface area contributed by atoms with Gasteiger partial charge in [0.05, 0.1) is 7.11 Å². The molecule has 2 aromatic rings. The highest BCUT2D eigenvalue weighted by Crippen LogP contribution is 2.30. The minimum absolute atomic E-state index is 0.123. The number of thiazole rings is 1. The normalized spacial score (nSPS) is 10.3. The van der Waals surface area contributed by atoms with Gasteiger partial charge in [0.15, 0.2) is 15.2 Å². The van der Waals surface area contributed by atoms with Crippen molar-refractivity contribution >= 4 is 51.3 Å². The zero-order chi connectivity index (χ0) is 14.0. The van der Waals surface area contributed by atoms with E-state index in [0.717, 1.165) is 22.6 Å². The van der Waals surface area contributed by atoms with Gasteiger partial charge in [0.25, 0.3) is 0 Å². The number of carbonyl (C=O) groups is 1. The zero-order valence-corrected chi connectivity index (χ0v) is 12.5. The molecule has 1 N–H and O–H groups in total. The third-order valence-corrected chi connectivity index (χ3v) is 4.12. The molecule has 1 heterocycles. The third kappa shape index (κ3) is 3.18. The lowest BCUT2D eigenvalue weighted by Gasteiger charge is -2.04. The van der Waals surface area contributed by atoms with Crippen molar-refractivity contribution in [1.82, 2.24) is 4.98 Å². The van der Waals surface area contributed by atoms with E-state index in [2.05, 4.69) is 15.0 Å². The molecule has 7 heteroatoms. The van der Waals surface area contributed by atoms with Gasteiger partial charge in [-0.05, 0) is 24.6 Å². The molecule has 1 aromatic heterocycles. The van der Waals surface area contributed by atoms with Crippen LogP contribution in [0.1, 0.15) is 15.2 Å². The Labute approximate surface area is 124 Å². The number of benzene rings is 1. The highest BCUT2D eigenvalue weighted by Gasteiger charge is 2.17. The molecule has 0 aliphatic heterocycles. The number of aryl methyl sites for hydroxylation is 1. The van der Waals surface area contributed by atoms with Gasteiger partial charge in [-0.15, -0.1) is 0 Å². The van der Waals surface area contributed by atoms with Crippen LogP contribution >= 0.6 is 34.5 Å². The number of rotatable bonds is 3. The number of nitrogens with one attached hydrogen (secondary N) is 1. The maximum atomic E-state index is 11.4. The van der Waals surface area contributed by atoms with Crippen molar-refractivity contribution in [1.29, 1.82) is 0 Å². The van der Waals surface area contributed by atoms with Crippen LogP contribution in [0, 0.1) is 6.92 Å². The Bertz CT molecular complexity index is 628. The van der Waals surface area contributed by atoms with Gasteiger partial charge in [-0.3, -0.25) is 0 Å². The van der Waals surface area contributed by atoms with Gasteiger partial charge in [-0.1, -0.05) is 40.6 Å². The average Bonchev–Trinajstić information content (AvgIpc) is 2.74. The number of nitrogens with zero attached hydrogens (tertiary/aromatic N) is 1. The number of ether oxygens (including phenoxy) is 1. The third-order valence-electron chi connectivity index (χ3n) is 2.38. The monoisotopic (exact) mass is 316 g/mol. The largest absolute Gasteiger partial charge is 0.465 e. The summed E-state index contributed by atoms with van der Waals surface area (Å²) in [6, 6.07) is 5.54. The molecular weight excluding hydrogens is 307 g/mol. The standard InChI is InChI=1S/C12H10Cl2N2O2S/c1-6-3-4-7(5-8(6)13)15-12-16-10(14)9(19-12)11(17)18-2/h3-5H,1-2H3,(H,15,16). The van der Waals surface area contributed by atoms with E-state index in [0.29, 0.717) is 10.2 Å². The van der Waals surface area contributed by atoms with E-state index in [1.165, 1.54) is 7.11 Å². The van der Waals surface area contributed by atoms with Gasteiger partial charge in [0, 0.05) is 10.7 Å². The molecule has 0 aliphatic rings. The quantitative estimate of drug-likeness (QED) is 0.858. The molecule has 0 unspecified atom stereocenters. The lowest BCUT2D eigenvalue weighted by atomic mass is 10.2. The van der Waals surface area contributed by atoms with Crippen LogP contribution in [0.2, 0.25) is 10.2 Å². The minimum atomic E-state index is -0.502. The predicted molar refractivity (Wildman–Crippen MR) is 77.9 cm³/mol. The summed E-state index contributed by atoms with van der Waals surface area (Å²) < 4.78 is 4.61. The van der Waals surface area contributed by atoms with Crippen LogP contribution in [0.4, 0.5) is 10.8 Å². The van der Waals surface area contributed by atoms with Crippen molar-refractivity contribution < 1.29 is 9.53 Å². The van der Waals surface area contributed by atoms with E-state index >= 15 is 0 Å². The molecule has 0 aliphatic carbocycles. The number of halogens is 2. The van der Waals surface area contributed by atoms with Crippen molar-refractivity contribution in [2.75, 3.05) is 12.4 Å². The summed E-state index contributed by atoms with van der Waals surface area (Å²) in [4.78, 5) is 15.7. The molecule has 0 bridgehead atoms. The summed E-state index contributed by atoms with van der Waals surface area (Å²) in [7, 11) is 1.30. The number of aromatic nitrogens is 1. The second-order valence-electron chi connectivity index (χ2n) is 3.72. The van der Waals surface area contributed by atoms with E-state index in [1.54, 1.807) is 6.07 Å². The van der Waals surface area contributed by atoms with Gasteiger partial charge in [0.2, 0.25) is 0 Å². The average molecular weight is 317 g/mol. The van der Waals surface area contributed by atoms with Crippen molar-refractivity contribution in [3.63, 3.8) is 0 Å². The highest BCUT2D eigenvalue weighted by molar-refractivity contribution is 7.18. The molecule has 19 heavy (non-hydrogen) atoms. The van der Waals surface area contributed by atoms with E-state index in [4.69, 9.17) is 23.2 Å². The topological polar surface area (TPSA) is 51.2 Å². The van der Waals surface area contributed by atoms with Gasteiger partial charge in [-0.25, -0.2) is 9.78 Å². The molecule has 4 nitrogen and oxygen atoms in total. The fraction of sp³-hybridized carbons (Fsp3) is 0.167. The molecule has 1 aromatic carbocycles. The van der Waals surface area contributed by atoms with E-state index in [1.807, 2.05) is 19.1 Å². The first kappa shape index (κ1) is 14.1. The fourth-order valence-corrected chi connectivity index (χ4v) is 2.67. The number of methoxy groups -OCH3 is 1. The summed E-state index contributed by atoms with van der Waals surface area (Å²) in [5.74, 6) is -0.502. The maximum absolute atomic E-state index is 11.4. The van der Waals surface area contributed by atoms with E-state index < -0.39 is 5.97 Å². The van der Waals surface area contributed by atoms with Crippen molar-refractivity contribution in [3.8, 4) is 0 Å². The van der Waals surface area contributed by atoms with Crippen LogP contribution in [0.15, 0.2) is 18.2 Å². The summed E-state index contributed by atoms with van der Waals surface area (Å²) >= 11 is 13.0. The molecular formula is C12H10Cl2N2O2S. The molecule has 0 fully saturated rings. The summed E-state index contributed by atoms with van der Waals surface area (Å²) in [5, 5.41) is 4.32. The first-order chi connectivity index (χ1) is 9.01. The smallest absolute Gasteiger partial charge is 0.351 e. The first-order valence-corrected chi connectivity index (χ1v) is 6.86. The maximum Gasteiger partial charge on any atom is 0.351 e. The Morgan fingerprint density at radius 3 is 2.79 bits per heavy atom. The van der Waals surface area contributed by atoms with Crippen LogP contribution in [-0.2, 0) is 4.74 Å². The number of anilines is 2. The van der Waals surface area contributed by atoms with Gasteiger partial charge >= 0.3 is 5.97 Å². The van der Waals surface area contributed by atoms with Crippen LogP contribution in [-0.4, -0.2) is 18.1 Å². The van der Waals surface area contributed by atoms with Crippen molar-refractivity contribution in [3.05, 3.63) is 38.8 Å². The first-order valence-electron chi connectivity index (χ1n) is 5.29. The summed E-state index contributed by atoms with van der Waals surface area (Å²) in [6.45, 7) is 1.92. The Hall–Kier alpha value is -1.30. The van der Waals surface area contributed by atoms with Crippen molar-refractivity contribution in [2.24, 2.45) is 0 Å². The Morgan fingerprint density at radius 1 is 1.42 bits per heavy atom. The number of hydrogen-bond acceptors (Lipinski definition) is 5. The molecule has 0 amide bonds. The molecule has 100 valence electrons. The fourth-order valence-electron chi connectivity index (χ4n) is 1.37.